The maximum atomic E-state index is 14.5. The molecule has 5 heteroatoms. The Kier molecular flexibility index (Phi) is 37.6. The van der Waals surface area contributed by atoms with Gasteiger partial charge < -0.3 is 15.0 Å². The third-order valence-electron chi connectivity index (χ3n) is 16.1. The van der Waals surface area contributed by atoms with E-state index in [4.69, 9.17) is 4.74 Å². The Morgan fingerprint density at radius 2 is 0.609 bits per heavy atom. The summed E-state index contributed by atoms with van der Waals surface area (Å²) in [5.41, 5.74) is 0.832. The first-order valence-electron chi connectivity index (χ1n) is 29.7. The molecule has 4 nitrogen and oxygen atoms in total. The van der Waals surface area contributed by atoms with Gasteiger partial charge in [-0.1, -0.05) is 289 Å². The molecule has 0 atom stereocenters. The number of ether oxygens (including phenoxy) is 1. The molecule has 0 radical (unpaired) electrons. The van der Waals surface area contributed by atoms with E-state index in [0.717, 1.165) is 39.0 Å². The topological polar surface area (TPSA) is 41.6 Å². The summed E-state index contributed by atoms with van der Waals surface area (Å²) < 4.78 is 19.5. The third kappa shape index (κ3) is 31.0. The van der Waals surface area contributed by atoms with Gasteiger partial charge in [-0.25, -0.2) is 4.79 Å². The summed E-state index contributed by atoms with van der Waals surface area (Å²) in [4.78, 5) is 13.8. The number of nitrogens with zero attached hydrogens (tertiary/aromatic N) is 1. The van der Waals surface area contributed by atoms with Crippen molar-refractivity contribution in [1.82, 2.24) is 10.2 Å². The lowest BCUT2D eigenvalue weighted by Crippen LogP contribution is -2.41. The zero-order valence-corrected chi connectivity index (χ0v) is 43.0. The van der Waals surface area contributed by atoms with Crippen molar-refractivity contribution < 1.29 is 13.9 Å². The van der Waals surface area contributed by atoms with E-state index < -0.39 is 11.8 Å². The van der Waals surface area contributed by atoms with Gasteiger partial charge in [0.2, 0.25) is 5.83 Å². The molecule has 2 saturated heterocycles. The minimum atomic E-state index is -0.776. The van der Waals surface area contributed by atoms with Gasteiger partial charge in [-0.15, -0.1) is 0 Å². The summed E-state index contributed by atoms with van der Waals surface area (Å²) >= 11 is 0. The number of hydrogen-bond acceptors (Lipinski definition) is 4. The summed E-state index contributed by atoms with van der Waals surface area (Å²) in [6.45, 7) is 4.04. The van der Waals surface area contributed by atoms with Crippen molar-refractivity contribution in [3.63, 3.8) is 0 Å². The molecule has 0 aliphatic carbocycles. The van der Waals surface area contributed by atoms with Gasteiger partial charge >= 0.3 is 5.97 Å². The Balaban J connectivity index is 1.25. The molecule has 1 spiro atoms. The van der Waals surface area contributed by atoms with Crippen LogP contribution in [0, 0.1) is 5.41 Å². The molecular formula is C59H111FN2O2. The Bertz CT molecular complexity index is 1020. The van der Waals surface area contributed by atoms with Gasteiger partial charge in [0.25, 0.3) is 0 Å². The normalized spacial score (nSPS) is 25.1. The van der Waals surface area contributed by atoms with Crippen molar-refractivity contribution in [3.8, 4) is 0 Å². The van der Waals surface area contributed by atoms with Crippen molar-refractivity contribution in [2.75, 3.05) is 32.8 Å². The van der Waals surface area contributed by atoms with Crippen LogP contribution in [0.3, 0.4) is 0 Å². The van der Waals surface area contributed by atoms with Crippen LogP contribution in [0.5, 0.6) is 0 Å². The lowest BCUT2D eigenvalue weighted by molar-refractivity contribution is -0.137. The van der Waals surface area contributed by atoms with Crippen molar-refractivity contribution in [3.05, 3.63) is 11.5 Å². The molecule has 1 N–H and O–H groups in total. The van der Waals surface area contributed by atoms with E-state index in [1.54, 1.807) is 0 Å². The average molecular weight is 900 g/mol. The van der Waals surface area contributed by atoms with Crippen LogP contribution in [0.2, 0.25) is 0 Å². The third-order valence-corrected chi connectivity index (χ3v) is 16.1. The van der Waals surface area contributed by atoms with Gasteiger partial charge in [0.1, 0.15) is 6.61 Å². The molecule has 64 heavy (non-hydrogen) atoms. The number of cyclic esters (lactones) is 1. The van der Waals surface area contributed by atoms with Gasteiger partial charge in [0, 0.05) is 13.1 Å². The molecule has 0 aromatic rings. The van der Waals surface area contributed by atoms with Crippen LogP contribution in [0.4, 0.5) is 4.39 Å². The van der Waals surface area contributed by atoms with Crippen LogP contribution in [-0.4, -0.2) is 43.7 Å². The predicted octanol–water partition coefficient (Wildman–Crippen LogP) is 19.1. The molecular weight excluding hydrogens is 788 g/mol. The van der Waals surface area contributed by atoms with Gasteiger partial charge in [0.15, 0.2) is 0 Å². The number of rotatable bonds is 1. The monoisotopic (exact) mass is 899 g/mol. The number of hydrogen-bond donors (Lipinski definition) is 1. The number of esters is 1. The second-order valence-corrected chi connectivity index (χ2v) is 21.8. The van der Waals surface area contributed by atoms with Crippen LogP contribution in [0.25, 0.3) is 0 Å². The number of piperidine rings is 1. The minimum Gasteiger partial charge on any atom is -0.454 e. The maximum absolute atomic E-state index is 14.5. The smallest absolute Gasteiger partial charge is 0.369 e. The highest BCUT2D eigenvalue weighted by atomic mass is 19.1. The quantitative estimate of drug-likeness (QED) is 0.266. The highest BCUT2D eigenvalue weighted by molar-refractivity contribution is 5.89. The number of halogens is 1. The van der Waals surface area contributed by atoms with E-state index >= 15 is 0 Å². The van der Waals surface area contributed by atoms with E-state index in [0.29, 0.717) is 11.1 Å². The second kappa shape index (κ2) is 42.0. The summed E-state index contributed by atoms with van der Waals surface area (Å²) in [7, 11) is 0. The number of carbonyl (C=O) groups is 1. The maximum Gasteiger partial charge on any atom is 0.369 e. The second-order valence-electron chi connectivity index (χ2n) is 21.8. The van der Waals surface area contributed by atoms with Gasteiger partial charge in [0.05, 0.1) is 5.70 Å². The van der Waals surface area contributed by atoms with E-state index in [9.17, 15) is 9.18 Å². The molecule has 3 aliphatic heterocycles. The van der Waals surface area contributed by atoms with Crippen LogP contribution in [0.15, 0.2) is 11.5 Å². The van der Waals surface area contributed by atoms with E-state index in [1.165, 1.54) is 308 Å². The molecule has 376 valence electrons. The van der Waals surface area contributed by atoms with Gasteiger partial charge in [-0.2, -0.15) is 4.39 Å². The fourth-order valence-corrected chi connectivity index (χ4v) is 11.5. The number of carbonyl (C=O) groups excluding carboxylic acids is 1. The van der Waals surface area contributed by atoms with Gasteiger partial charge in [-0.3, -0.25) is 0 Å². The summed E-state index contributed by atoms with van der Waals surface area (Å²) in [6.07, 6.45) is 71.2. The van der Waals surface area contributed by atoms with Crippen molar-refractivity contribution >= 4 is 5.97 Å². The average Bonchev–Trinajstić information content (AvgIpc) is 3.64. The largest absolute Gasteiger partial charge is 0.454 e. The molecule has 0 aromatic carbocycles. The van der Waals surface area contributed by atoms with Crippen LogP contribution < -0.4 is 5.32 Å². The summed E-state index contributed by atoms with van der Waals surface area (Å²) in [5, 5.41) is 3.82. The standard InChI is InChI=1S/C59H111FN2O2/c60-57-56(55-64-58(57)63)62-53-49-59(50-54-62)47-45-43-41-39-37-35-33-31-29-27-25-23-21-19-17-15-13-11-9-7-5-3-1-2-4-6-8-10-12-14-16-18-20-22-24-26-28-30-32-34-36-38-40-42-44-46-51-61-52-48-59/h61H,1-55H2. The lowest BCUT2D eigenvalue weighted by Gasteiger charge is -2.43. The Morgan fingerprint density at radius 1 is 0.344 bits per heavy atom. The zero-order chi connectivity index (χ0) is 45.1. The van der Waals surface area contributed by atoms with Crippen molar-refractivity contribution in [2.45, 2.75) is 321 Å². The molecule has 2 fully saturated rings. The first-order valence-corrected chi connectivity index (χ1v) is 29.7. The summed E-state index contributed by atoms with van der Waals surface area (Å²) in [6, 6.07) is 0. The molecule has 3 heterocycles. The Labute approximate surface area is 399 Å². The minimum absolute atomic E-state index is 0.110. The predicted molar refractivity (Wildman–Crippen MR) is 277 cm³/mol. The highest BCUT2D eigenvalue weighted by Crippen LogP contribution is 2.41. The fourth-order valence-electron chi connectivity index (χ4n) is 11.5. The summed E-state index contributed by atoms with van der Waals surface area (Å²) in [5.74, 6) is -1.43. The van der Waals surface area contributed by atoms with Crippen LogP contribution in [0.1, 0.15) is 321 Å². The lowest BCUT2D eigenvalue weighted by atomic mass is 9.72. The Morgan fingerprint density at radius 3 is 0.875 bits per heavy atom. The molecule has 0 aromatic heterocycles. The molecule has 0 bridgehead atoms. The van der Waals surface area contributed by atoms with Crippen molar-refractivity contribution in [1.29, 1.82) is 0 Å². The van der Waals surface area contributed by atoms with Crippen molar-refractivity contribution in [2.24, 2.45) is 5.41 Å². The van der Waals surface area contributed by atoms with Crippen LogP contribution in [-0.2, 0) is 9.53 Å². The first-order chi connectivity index (χ1) is 31.7. The van der Waals surface area contributed by atoms with Gasteiger partial charge in [-0.05, 0) is 50.6 Å². The SMILES string of the molecule is O=C1OCC(N2CCC3(CCCCCCCCCCCCCCCCCCCCCCCCCCCCCCCCCCCCCCCCCCCCCCCCNCC3)CC2)=C1F. The van der Waals surface area contributed by atoms with Crippen LogP contribution >= 0.6 is 0 Å². The fraction of sp³-hybridized carbons (Fsp3) is 0.949. The Hall–Kier alpha value is -1.10. The van der Waals surface area contributed by atoms with E-state index in [1.807, 2.05) is 0 Å². The van der Waals surface area contributed by atoms with E-state index in [2.05, 4.69) is 10.2 Å². The highest BCUT2D eigenvalue weighted by Gasteiger charge is 2.37. The first kappa shape index (κ1) is 57.2. The number of likely N-dealkylation sites (tertiary alicyclic amines) is 1. The molecule has 0 unspecified atom stereocenters. The zero-order valence-electron chi connectivity index (χ0n) is 43.0. The molecule has 3 rings (SSSR count). The molecule has 3 aliphatic rings. The number of nitrogens with one attached hydrogen (secondary N) is 1. The molecule has 0 saturated carbocycles. The molecule has 0 amide bonds. The van der Waals surface area contributed by atoms with E-state index in [-0.39, 0.29) is 6.61 Å².